The van der Waals surface area contributed by atoms with Crippen LogP contribution in [0, 0.1) is 0 Å². The summed E-state index contributed by atoms with van der Waals surface area (Å²) < 4.78 is 21.8. The first-order valence-corrected chi connectivity index (χ1v) is 8.32. The van der Waals surface area contributed by atoms with Gasteiger partial charge >= 0.3 is 0 Å². The van der Waals surface area contributed by atoms with Crippen LogP contribution >= 0.6 is 0 Å². The largest absolute Gasteiger partial charge is 0.493 e. The Morgan fingerprint density at radius 2 is 1.92 bits per heavy atom. The van der Waals surface area contributed by atoms with Gasteiger partial charge in [-0.05, 0) is 36.2 Å². The summed E-state index contributed by atoms with van der Waals surface area (Å²) in [5.41, 5.74) is 0.700. The lowest BCUT2D eigenvalue weighted by molar-refractivity contribution is -0.0576. The molecule has 26 heavy (non-hydrogen) atoms. The van der Waals surface area contributed by atoms with Crippen LogP contribution in [-0.2, 0) is 12.1 Å². The van der Waals surface area contributed by atoms with Crippen LogP contribution in [-0.4, -0.2) is 43.5 Å². The maximum Gasteiger partial charge on any atom is 0.257 e. The highest BCUT2D eigenvalue weighted by Crippen LogP contribution is 2.53. The van der Waals surface area contributed by atoms with Crippen LogP contribution < -0.4 is 18.9 Å². The highest BCUT2D eigenvalue weighted by Gasteiger charge is 2.55. The summed E-state index contributed by atoms with van der Waals surface area (Å²) >= 11 is 0. The number of hydrogen-bond donors (Lipinski definition) is 1. The molecule has 0 saturated carbocycles. The van der Waals surface area contributed by atoms with Crippen molar-refractivity contribution in [1.82, 2.24) is 4.90 Å². The maximum atomic E-state index is 13.0. The van der Waals surface area contributed by atoms with Gasteiger partial charge in [-0.2, -0.15) is 0 Å². The summed E-state index contributed by atoms with van der Waals surface area (Å²) in [5.74, 6) is 1.80. The summed E-state index contributed by atoms with van der Waals surface area (Å²) in [6.45, 7) is 0.537. The molecule has 0 radical (unpaired) electrons. The van der Waals surface area contributed by atoms with Crippen molar-refractivity contribution in [3.63, 3.8) is 0 Å². The van der Waals surface area contributed by atoms with Gasteiger partial charge < -0.3 is 29.0 Å². The van der Waals surface area contributed by atoms with Crippen LogP contribution in [0.5, 0.6) is 23.0 Å². The molecule has 2 aromatic carbocycles. The molecule has 7 nitrogen and oxygen atoms in total. The summed E-state index contributed by atoms with van der Waals surface area (Å²) in [5, 5.41) is 11.8. The summed E-state index contributed by atoms with van der Waals surface area (Å²) in [7, 11) is 3.02. The molecule has 1 unspecified atom stereocenters. The third kappa shape index (κ3) is 1.68. The number of amides is 1. The molecule has 7 heteroatoms. The summed E-state index contributed by atoms with van der Waals surface area (Å²) in [6, 6.07) is 6.98. The Labute approximate surface area is 149 Å². The van der Waals surface area contributed by atoms with Gasteiger partial charge in [0.05, 0.1) is 25.3 Å². The molecule has 2 aromatic rings. The van der Waals surface area contributed by atoms with E-state index in [1.165, 1.54) is 19.1 Å². The molecule has 0 aliphatic carbocycles. The Balaban J connectivity index is 1.82. The van der Waals surface area contributed by atoms with E-state index in [1.807, 2.05) is 6.07 Å². The lowest BCUT2D eigenvalue weighted by atomic mass is 9.85. The summed E-state index contributed by atoms with van der Waals surface area (Å²) in [4.78, 5) is 14.4. The van der Waals surface area contributed by atoms with Crippen molar-refractivity contribution < 1.29 is 28.8 Å². The van der Waals surface area contributed by atoms with Crippen LogP contribution in [0.4, 0.5) is 0 Å². The zero-order valence-electron chi connectivity index (χ0n) is 14.4. The van der Waals surface area contributed by atoms with Gasteiger partial charge in [0.2, 0.25) is 6.79 Å². The van der Waals surface area contributed by atoms with E-state index in [1.54, 1.807) is 18.2 Å². The molecular weight excluding hydrogens is 338 g/mol. The lowest BCUT2D eigenvalue weighted by Crippen LogP contribution is -2.49. The van der Waals surface area contributed by atoms with Crippen molar-refractivity contribution in [1.29, 1.82) is 0 Å². The second kappa shape index (κ2) is 5.04. The normalized spacial score (nSPS) is 22.0. The third-order valence-electron chi connectivity index (χ3n) is 5.34. The second-order valence-electron chi connectivity index (χ2n) is 6.47. The molecule has 3 aliphatic heterocycles. The van der Waals surface area contributed by atoms with E-state index in [2.05, 4.69) is 0 Å². The van der Waals surface area contributed by atoms with Crippen molar-refractivity contribution in [2.24, 2.45) is 0 Å². The standard InChI is InChI=1S/C19H17NO6/c1-23-13-4-3-11-16(17(13)24-2)19(22)12-8-15-14(25-9-26-15)7-10(12)5-6-20(19)18(11)21/h3-4,7-8,22H,5-6,9H2,1-2H3. The van der Waals surface area contributed by atoms with E-state index in [4.69, 9.17) is 18.9 Å². The lowest BCUT2D eigenvalue weighted by Gasteiger charge is -2.40. The van der Waals surface area contributed by atoms with Gasteiger partial charge in [0, 0.05) is 12.1 Å². The number of carbonyl (C=O) groups is 1. The number of methoxy groups -OCH3 is 2. The fraction of sp³-hybridized carbons (Fsp3) is 0.316. The predicted octanol–water partition coefficient (Wildman–Crippen LogP) is 1.64. The van der Waals surface area contributed by atoms with Gasteiger partial charge in [-0.3, -0.25) is 4.79 Å². The fourth-order valence-corrected chi connectivity index (χ4v) is 4.17. The van der Waals surface area contributed by atoms with E-state index in [0.29, 0.717) is 52.7 Å². The molecule has 0 bridgehead atoms. The van der Waals surface area contributed by atoms with Crippen LogP contribution in [0.3, 0.4) is 0 Å². The number of ether oxygens (including phenoxy) is 4. The topological polar surface area (TPSA) is 77.5 Å². The monoisotopic (exact) mass is 355 g/mol. The number of nitrogens with zero attached hydrogens (tertiary/aromatic N) is 1. The minimum atomic E-state index is -1.64. The van der Waals surface area contributed by atoms with Crippen molar-refractivity contribution >= 4 is 5.91 Å². The number of fused-ring (bicyclic) bond motifs is 6. The van der Waals surface area contributed by atoms with E-state index >= 15 is 0 Å². The number of rotatable bonds is 2. The Kier molecular flexibility index (Phi) is 2.98. The van der Waals surface area contributed by atoms with Gasteiger partial charge in [-0.25, -0.2) is 0 Å². The van der Waals surface area contributed by atoms with Crippen LogP contribution in [0.15, 0.2) is 24.3 Å². The maximum absolute atomic E-state index is 13.0. The Hall–Kier alpha value is -2.93. The van der Waals surface area contributed by atoms with Gasteiger partial charge in [0.1, 0.15) is 0 Å². The number of aliphatic hydroxyl groups is 1. The van der Waals surface area contributed by atoms with Gasteiger partial charge in [-0.15, -0.1) is 0 Å². The fourth-order valence-electron chi connectivity index (χ4n) is 4.17. The number of hydrogen-bond acceptors (Lipinski definition) is 6. The number of benzene rings is 2. The van der Waals surface area contributed by atoms with Crippen LogP contribution in [0.1, 0.15) is 27.0 Å². The van der Waals surface area contributed by atoms with E-state index < -0.39 is 5.72 Å². The molecule has 1 N–H and O–H groups in total. The average Bonchev–Trinajstić information content (AvgIpc) is 3.20. The molecule has 3 heterocycles. The molecule has 0 aromatic heterocycles. The molecule has 1 amide bonds. The first-order chi connectivity index (χ1) is 12.6. The molecule has 0 saturated heterocycles. The first kappa shape index (κ1) is 15.3. The Morgan fingerprint density at radius 3 is 2.65 bits per heavy atom. The van der Waals surface area contributed by atoms with Crippen molar-refractivity contribution in [3.05, 3.63) is 46.5 Å². The van der Waals surface area contributed by atoms with Gasteiger partial charge in [0.25, 0.3) is 5.91 Å². The second-order valence-corrected chi connectivity index (χ2v) is 6.47. The zero-order chi connectivity index (χ0) is 18.1. The van der Waals surface area contributed by atoms with Crippen molar-refractivity contribution in [2.75, 3.05) is 27.6 Å². The molecule has 3 aliphatic rings. The van der Waals surface area contributed by atoms with Crippen LogP contribution in [0.2, 0.25) is 0 Å². The Morgan fingerprint density at radius 1 is 1.15 bits per heavy atom. The van der Waals surface area contributed by atoms with Crippen molar-refractivity contribution in [2.45, 2.75) is 12.1 Å². The molecule has 0 spiro atoms. The average molecular weight is 355 g/mol. The van der Waals surface area contributed by atoms with E-state index in [9.17, 15) is 9.90 Å². The van der Waals surface area contributed by atoms with Gasteiger partial charge in [0.15, 0.2) is 28.7 Å². The predicted molar refractivity (Wildman–Crippen MR) is 89.9 cm³/mol. The summed E-state index contributed by atoms with van der Waals surface area (Å²) in [6.07, 6.45) is 0.619. The number of carbonyl (C=O) groups excluding carboxylic acids is 1. The quantitative estimate of drug-likeness (QED) is 0.882. The minimum absolute atomic E-state index is 0.146. The van der Waals surface area contributed by atoms with Gasteiger partial charge in [-0.1, -0.05) is 0 Å². The minimum Gasteiger partial charge on any atom is -0.493 e. The SMILES string of the molecule is COc1ccc2c(c1OC)C1(O)c3cc4c(cc3CCN1C2=O)OCO4. The van der Waals surface area contributed by atoms with Crippen molar-refractivity contribution in [3.8, 4) is 23.0 Å². The van der Waals surface area contributed by atoms with E-state index in [-0.39, 0.29) is 12.7 Å². The zero-order valence-corrected chi connectivity index (χ0v) is 14.4. The highest BCUT2D eigenvalue weighted by atomic mass is 16.7. The van der Waals surface area contributed by atoms with Crippen LogP contribution in [0.25, 0.3) is 0 Å². The molecule has 5 rings (SSSR count). The first-order valence-electron chi connectivity index (χ1n) is 8.32. The molecule has 1 atom stereocenters. The third-order valence-corrected chi connectivity index (χ3v) is 5.34. The molecule has 134 valence electrons. The van der Waals surface area contributed by atoms with E-state index in [0.717, 1.165) is 5.56 Å². The molecular formula is C19H17NO6. The Bertz CT molecular complexity index is 956. The molecule has 0 fully saturated rings. The smallest absolute Gasteiger partial charge is 0.257 e. The highest BCUT2D eigenvalue weighted by molar-refractivity contribution is 6.02.